The summed E-state index contributed by atoms with van der Waals surface area (Å²) < 4.78 is 6.07. The summed E-state index contributed by atoms with van der Waals surface area (Å²) in [6, 6.07) is 12.7. The van der Waals surface area contributed by atoms with Crippen LogP contribution in [0.1, 0.15) is 11.1 Å². The van der Waals surface area contributed by atoms with Crippen molar-refractivity contribution in [3.8, 4) is 11.5 Å². The van der Waals surface area contributed by atoms with Gasteiger partial charge < -0.3 is 4.74 Å². The van der Waals surface area contributed by atoms with Crippen LogP contribution in [-0.2, 0) is 10.9 Å². The van der Waals surface area contributed by atoms with Gasteiger partial charge in [-0.2, -0.15) is 0 Å². The number of hydrogen-bond donors (Lipinski definition) is 0. The number of para-hydroxylation sites is 1. The van der Waals surface area contributed by atoms with E-state index in [-0.39, 0.29) is 10.9 Å². The molecule has 1 unspecified atom stereocenters. The second kappa shape index (κ2) is 3.81. The molecular weight excluding hydrogens is 228 g/mol. The molecule has 1 atom stereocenters. The predicted molar refractivity (Wildman–Crippen MR) is 72.3 cm³/mol. The molecule has 0 aliphatic carbocycles. The molecule has 0 N–H and O–H groups in total. The molecular formula is C15H15OS+. The predicted octanol–water partition coefficient (Wildman–Crippen LogP) is 4.08. The van der Waals surface area contributed by atoms with E-state index >= 15 is 0 Å². The van der Waals surface area contributed by atoms with E-state index in [9.17, 15) is 0 Å². The van der Waals surface area contributed by atoms with Gasteiger partial charge in [0.25, 0.3) is 0 Å². The molecule has 0 saturated heterocycles. The molecule has 2 aromatic carbocycles. The van der Waals surface area contributed by atoms with Gasteiger partial charge in [-0.3, -0.25) is 0 Å². The zero-order valence-corrected chi connectivity index (χ0v) is 11.1. The number of fused-ring (bicyclic) bond motifs is 2. The minimum atomic E-state index is 0.113. The zero-order chi connectivity index (χ0) is 12.0. The topological polar surface area (TPSA) is 9.23 Å². The molecule has 0 aromatic heterocycles. The molecule has 1 heterocycles. The first-order chi connectivity index (χ1) is 8.18. The normalized spacial score (nSPS) is 17.0. The molecule has 0 fully saturated rings. The fourth-order valence-electron chi connectivity index (χ4n) is 2.32. The van der Waals surface area contributed by atoms with Crippen molar-refractivity contribution in [3.63, 3.8) is 0 Å². The molecule has 0 saturated carbocycles. The summed E-state index contributed by atoms with van der Waals surface area (Å²) in [5.41, 5.74) is 2.54. The van der Waals surface area contributed by atoms with Gasteiger partial charge >= 0.3 is 0 Å². The van der Waals surface area contributed by atoms with Crippen molar-refractivity contribution in [1.29, 1.82) is 0 Å². The molecule has 1 aliphatic heterocycles. The molecule has 86 valence electrons. The quantitative estimate of drug-likeness (QED) is 0.634. The molecule has 17 heavy (non-hydrogen) atoms. The van der Waals surface area contributed by atoms with Crippen LogP contribution in [0.25, 0.3) is 0 Å². The maximum Gasteiger partial charge on any atom is 0.205 e. The third kappa shape index (κ3) is 1.55. The van der Waals surface area contributed by atoms with Crippen LogP contribution < -0.4 is 4.74 Å². The molecule has 0 bridgehead atoms. The summed E-state index contributed by atoms with van der Waals surface area (Å²) in [5.74, 6) is 2.08. The van der Waals surface area contributed by atoms with E-state index < -0.39 is 0 Å². The minimum Gasteiger partial charge on any atom is -0.446 e. The average molecular weight is 243 g/mol. The first kappa shape index (κ1) is 10.7. The van der Waals surface area contributed by atoms with E-state index in [1.54, 1.807) is 0 Å². The van der Waals surface area contributed by atoms with Crippen LogP contribution in [0.3, 0.4) is 0 Å². The monoisotopic (exact) mass is 243 g/mol. The second-order valence-electron chi connectivity index (χ2n) is 4.42. The first-order valence-electron chi connectivity index (χ1n) is 5.71. The van der Waals surface area contributed by atoms with Crippen LogP contribution in [0.4, 0.5) is 0 Å². The first-order valence-corrected chi connectivity index (χ1v) is 7.35. The summed E-state index contributed by atoms with van der Waals surface area (Å²) >= 11 is 0. The summed E-state index contributed by atoms with van der Waals surface area (Å²) in [6.07, 6.45) is 2.28. The lowest BCUT2D eigenvalue weighted by Gasteiger charge is -2.20. The molecule has 2 aromatic rings. The lowest BCUT2D eigenvalue weighted by molar-refractivity contribution is 0.448. The standard InChI is InChI=1S/C15H15OS/c1-10-6-5-9-13-14(10)16-12-8-4-7-11(2)15(12)17(13)3/h4-9H,1-3H3/q+1. The number of benzene rings is 2. The van der Waals surface area contributed by atoms with Crippen LogP contribution >= 0.6 is 0 Å². The van der Waals surface area contributed by atoms with E-state index in [0.717, 1.165) is 11.5 Å². The van der Waals surface area contributed by atoms with Gasteiger partial charge in [0.2, 0.25) is 9.79 Å². The van der Waals surface area contributed by atoms with Crippen molar-refractivity contribution in [1.82, 2.24) is 0 Å². The molecule has 1 aliphatic rings. The van der Waals surface area contributed by atoms with Gasteiger partial charge in [-0.1, -0.05) is 24.3 Å². The molecule has 0 spiro atoms. The summed E-state index contributed by atoms with van der Waals surface area (Å²) in [5, 5.41) is 0. The lowest BCUT2D eigenvalue weighted by Crippen LogP contribution is -2.12. The Morgan fingerprint density at radius 2 is 1.65 bits per heavy atom. The smallest absolute Gasteiger partial charge is 0.205 e. The summed E-state index contributed by atoms with van der Waals surface area (Å²) in [4.78, 5) is 2.68. The Hall–Kier alpha value is -1.41. The van der Waals surface area contributed by atoms with Crippen molar-refractivity contribution in [3.05, 3.63) is 47.5 Å². The Morgan fingerprint density at radius 1 is 0.941 bits per heavy atom. The van der Waals surface area contributed by atoms with Crippen LogP contribution in [0.15, 0.2) is 46.2 Å². The van der Waals surface area contributed by atoms with Crippen molar-refractivity contribution in [2.45, 2.75) is 23.6 Å². The Labute approximate surface area is 105 Å². The summed E-state index contributed by atoms with van der Waals surface area (Å²) in [6.45, 7) is 4.27. The van der Waals surface area contributed by atoms with Gasteiger partial charge in [0.15, 0.2) is 11.5 Å². The van der Waals surface area contributed by atoms with Crippen molar-refractivity contribution in [2.75, 3.05) is 6.26 Å². The van der Waals surface area contributed by atoms with E-state index in [1.807, 2.05) is 0 Å². The molecule has 2 heteroatoms. The Balaban J connectivity index is 2.25. The fraction of sp³-hybridized carbons (Fsp3) is 0.200. The lowest BCUT2D eigenvalue weighted by atomic mass is 10.2. The molecule has 0 amide bonds. The average Bonchev–Trinajstić information content (AvgIpc) is 2.31. The van der Waals surface area contributed by atoms with Gasteiger partial charge in [0.1, 0.15) is 6.26 Å². The van der Waals surface area contributed by atoms with Crippen LogP contribution in [0.2, 0.25) is 0 Å². The van der Waals surface area contributed by atoms with E-state index in [4.69, 9.17) is 4.74 Å². The highest BCUT2D eigenvalue weighted by Gasteiger charge is 2.35. The highest BCUT2D eigenvalue weighted by Crippen LogP contribution is 2.45. The second-order valence-corrected chi connectivity index (χ2v) is 6.29. The highest BCUT2D eigenvalue weighted by molar-refractivity contribution is 7.96. The zero-order valence-electron chi connectivity index (χ0n) is 10.3. The van der Waals surface area contributed by atoms with Crippen molar-refractivity contribution in [2.24, 2.45) is 0 Å². The van der Waals surface area contributed by atoms with E-state index in [2.05, 4.69) is 56.5 Å². The summed E-state index contributed by atoms with van der Waals surface area (Å²) in [7, 11) is 0.113. The number of aryl methyl sites for hydroxylation is 2. The van der Waals surface area contributed by atoms with Gasteiger partial charge in [-0.05, 0) is 31.5 Å². The SMILES string of the molecule is Cc1cccc2c1Oc1cccc(C)c1[S+]2C. The van der Waals surface area contributed by atoms with Crippen molar-refractivity contribution < 1.29 is 4.74 Å². The van der Waals surface area contributed by atoms with E-state index in [0.29, 0.717) is 0 Å². The largest absolute Gasteiger partial charge is 0.446 e. The Morgan fingerprint density at radius 3 is 2.47 bits per heavy atom. The highest BCUT2D eigenvalue weighted by atomic mass is 32.2. The fourth-order valence-corrected chi connectivity index (χ4v) is 4.26. The van der Waals surface area contributed by atoms with Gasteiger partial charge in [0.05, 0.1) is 10.9 Å². The van der Waals surface area contributed by atoms with Crippen LogP contribution in [0.5, 0.6) is 11.5 Å². The Bertz CT molecular complexity index is 589. The molecule has 0 radical (unpaired) electrons. The van der Waals surface area contributed by atoms with Gasteiger partial charge in [-0.25, -0.2) is 0 Å². The van der Waals surface area contributed by atoms with Gasteiger partial charge in [-0.15, -0.1) is 0 Å². The van der Waals surface area contributed by atoms with E-state index in [1.165, 1.54) is 20.9 Å². The minimum absolute atomic E-state index is 0.113. The molecule has 3 rings (SSSR count). The third-order valence-corrected chi connectivity index (χ3v) is 5.32. The maximum atomic E-state index is 6.07. The van der Waals surface area contributed by atoms with Crippen molar-refractivity contribution >= 4 is 10.9 Å². The number of rotatable bonds is 0. The number of hydrogen-bond acceptors (Lipinski definition) is 1. The maximum absolute atomic E-state index is 6.07. The van der Waals surface area contributed by atoms with Crippen LogP contribution in [-0.4, -0.2) is 6.26 Å². The Kier molecular flexibility index (Phi) is 2.40. The van der Waals surface area contributed by atoms with Gasteiger partial charge in [0, 0.05) is 5.56 Å². The van der Waals surface area contributed by atoms with Crippen LogP contribution in [0, 0.1) is 13.8 Å². The number of ether oxygens (including phenoxy) is 1. The third-order valence-electron chi connectivity index (χ3n) is 3.20. The molecule has 1 nitrogen and oxygen atoms in total.